The molecule has 55 heavy (non-hydrogen) atoms. The maximum Gasteiger partial charge on any atom is 0.336 e. The van der Waals surface area contributed by atoms with E-state index in [9.17, 15) is 44.1 Å². The summed E-state index contributed by atoms with van der Waals surface area (Å²) in [5, 5.41) is 37.0. The van der Waals surface area contributed by atoms with Crippen LogP contribution in [0.1, 0.15) is 78.8 Å². The molecule has 0 unspecified atom stereocenters. The van der Waals surface area contributed by atoms with Crippen LogP contribution in [0, 0.1) is 0 Å². The second-order valence-electron chi connectivity index (χ2n) is 11.6. The van der Waals surface area contributed by atoms with Crippen molar-refractivity contribution in [2.75, 3.05) is 16.0 Å². The molecule has 0 aliphatic heterocycles. The lowest BCUT2D eigenvalue weighted by Crippen LogP contribution is -2.20. The molecule has 3 amide bonds. The molecular formula is C42H31N3O10. The summed E-state index contributed by atoms with van der Waals surface area (Å²) < 4.78 is 5.99. The standard InChI is InChI=1S/C42H31N3O10/c1-4-23-9-17-31(40(49)50)32(19-23)39(48)43-26-10-12-27(13-11-26)55-28-14-18-35(44-37(46)29-15-7-24(5-2)20-33(29)41(51)52)36(22-28)45-38(47)30-16-8-25(6-3)21-34(30)42(53)54/h4-22H,1-3H2,(H,43,48)(H,44,46)(H,45,47)(H,49,50)(H,51,52)(H,53,54). The van der Waals surface area contributed by atoms with Crippen molar-refractivity contribution in [3.05, 3.63) is 167 Å². The van der Waals surface area contributed by atoms with Gasteiger partial charge < -0.3 is 36.0 Å². The normalized spacial score (nSPS) is 10.3. The summed E-state index contributed by atoms with van der Waals surface area (Å²) in [7, 11) is 0. The first kappa shape index (κ1) is 38.2. The van der Waals surface area contributed by atoms with Crippen molar-refractivity contribution in [3.8, 4) is 11.5 Å². The summed E-state index contributed by atoms with van der Waals surface area (Å²) in [6, 6.07) is 22.8. The Balaban J connectivity index is 1.44. The van der Waals surface area contributed by atoms with E-state index in [2.05, 4.69) is 35.7 Å². The minimum Gasteiger partial charge on any atom is -0.478 e. The van der Waals surface area contributed by atoms with E-state index in [1.54, 1.807) is 0 Å². The summed E-state index contributed by atoms with van der Waals surface area (Å²) in [4.78, 5) is 75.7. The largest absolute Gasteiger partial charge is 0.478 e. The van der Waals surface area contributed by atoms with E-state index >= 15 is 0 Å². The molecule has 13 nitrogen and oxygen atoms in total. The number of nitrogens with one attached hydrogen (secondary N) is 3. The van der Waals surface area contributed by atoms with E-state index in [1.807, 2.05) is 0 Å². The highest BCUT2D eigenvalue weighted by Gasteiger charge is 2.22. The Morgan fingerprint density at radius 2 is 0.855 bits per heavy atom. The summed E-state index contributed by atoms with van der Waals surface area (Å²) in [5.41, 5.74) is 0.590. The number of hydrogen-bond donors (Lipinski definition) is 6. The molecule has 0 bridgehead atoms. The van der Waals surface area contributed by atoms with Crippen LogP contribution >= 0.6 is 0 Å². The lowest BCUT2D eigenvalue weighted by atomic mass is 10.0. The molecule has 5 aromatic rings. The molecule has 6 N–H and O–H groups in total. The maximum atomic E-state index is 13.5. The average molecular weight is 738 g/mol. The van der Waals surface area contributed by atoms with Crippen molar-refractivity contribution in [3.63, 3.8) is 0 Å². The van der Waals surface area contributed by atoms with Crippen molar-refractivity contribution >= 4 is 70.9 Å². The maximum absolute atomic E-state index is 13.5. The predicted octanol–water partition coefficient (Wildman–Crippen LogP) is 8.26. The molecule has 0 saturated carbocycles. The van der Waals surface area contributed by atoms with Gasteiger partial charge in [0.25, 0.3) is 17.7 Å². The number of carbonyl (C=O) groups is 6. The van der Waals surface area contributed by atoms with Crippen molar-refractivity contribution < 1.29 is 48.8 Å². The Labute approximate surface area is 313 Å². The number of carbonyl (C=O) groups excluding carboxylic acids is 3. The minimum atomic E-state index is -1.36. The van der Waals surface area contributed by atoms with E-state index < -0.39 is 35.6 Å². The lowest BCUT2D eigenvalue weighted by molar-refractivity contribution is 0.0683. The molecule has 0 fully saturated rings. The molecule has 0 radical (unpaired) electrons. The van der Waals surface area contributed by atoms with E-state index in [0.29, 0.717) is 22.4 Å². The fourth-order valence-electron chi connectivity index (χ4n) is 5.31. The molecule has 13 heteroatoms. The van der Waals surface area contributed by atoms with Crippen LogP contribution in [-0.4, -0.2) is 50.9 Å². The number of ether oxygens (including phenoxy) is 1. The van der Waals surface area contributed by atoms with Crippen LogP contribution in [0.2, 0.25) is 0 Å². The van der Waals surface area contributed by atoms with Gasteiger partial charge in [0.2, 0.25) is 0 Å². The minimum absolute atomic E-state index is 0.0220. The first-order valence-corrected chi connectivity index (χ1v) is 16.2. The van der Waals surface area contributed by atoms with Gasteiger partial charge in [0.05, 0.1) is 44.8 Å². The van der Waals surface area contributed by atoms with E-state index in [0.717, 1.165) is 0 Å². The Hall–Kier alpha value is -8.06. The fourth-order valence-corrected chi connectivity index (χ4v) is 5.31. The molecule has 0 aliphatic carbocycles. The second-order valence-corrected chi connectivity index (χ2v) is 11.6. The number of anilines is 3. The number of benzene rings is 5. The van der Waals surface area contributed by atoms with Crippen molar-refractivity contribution in [1.82, 2.24) is 0 Å². The zero-order valence-electron chi connectivity index (χ0n) is 28.8. The average Bonchev–Trinajstić information content (AvgIpc) is 3.18. The van der Waals surface area contributed by atoms with Gasteiger partial charge in [-0.3, -0.25) is 14.4 Å². The van der Waals surface area contributed by atoms with Crippen LogP contribution in [-0.2, 0) is 0 Å². The third-order valence-electron chi connectivity index (χ3n) is 8.10. The summed E-state index contributed by atoms with van der Waals surface area (Å²) >= 11 is 0. The van der Waals surface area contributed by atoms with Gasteiger partial charge in [0.15, 0.2) is 0 Å². The Morgan fingerprint density at radius 3 is 1.33 bits per heavy atom. The van der Waals surface area contributed by atoms with Crippen LogP contribution in [0.3, 0.4) is 0 Å². The highest BCUT2D eigenvalue weighted by atomic mass is 16.5. The van der Waals surface area contributed by atoms with Crippen LogP contribution in [0.5, 0.6) is 11.5 Å². The Bertz CT molecular complexity index is 2430. The predicted molar refractivity (Wildman–Crippen MR) is 207 cm³/mol. The molecule has 0 atom stereocenters. The molecule has 0 saturated heterocycles. The smallest absolute Gasteiger partial charge is 0.336 e. The molecular weight excluding hydrogens is 706 g/mol. The van der Waals surface area contributed by atoms with Gasteiger partial charge in [0.1, 0.15) is 11.5 Å². The van der Waals surface area contributed by atoms with Crippen LogP contribution in [0.25, 0.3) is 18.2 Å². The van der Waals surface area contributed by atoms with Gasteiger partial charge in [0, 0.05) is 11.8 Å². The van der Waals surface area contributed by atoms with Crippen molar-refractivity contribution in [2.24, 2.45) is 0 Å². The first-order chi connectivity index (χ1) is 26.3. The van der Waals surface area contributed by atoms with Gasteiger partial charge in [-0.2, -0.15) is 0 Å². The van der Waals surface area contributed by atoms with Crippen LogP contribution in [0.15, 0.2) is 117 Å². The highest BCUT2D eigenvalue weighted by Crippen LogP contribution is 2.32. The van der Waals surface area contributed by atoms with E-state index in [-0.39, 0.29) is 56.3 Å². The number of aromatic carboxylic acids is 3. The van der Waals surface area contributed by atoms with Crippen molar-refractivity contribution in [2.45, 2.75) is 0 Å². The number of carboxylic acids is 3. The van der Waals surface area contributed by atoms with Gasteiger partial charge in [-0.15, -0.1) is 0 Å². The fraction of sp³-hybridized carbons (Fsp3) is 0. The Morgan fingerprint density at radius 1 is 0.436 bits per heavy atom. The summed E-state index contributed by atoms with van der Waals surface area (Å²) in [6.45, 7) is 10.9. The molecule has 0 aromatic heterocycles. The molecule has 5 rings (SSSR count). The number of rotatable bonds is 14. The van der Waals surface area contributed by atoms with Gasteiger partial charge >= 0.3 is 17.9 Å². The topological polar surface area (TPSA) is 208 Å². The van der Waals surface area contributed by atoms with E-state index in [1.165, 1.54) is 115 Å². The van der Waals surface area contributed by atoms with E-state index in [4.69, 9.17) is 4.74 Å². The van der Waals surface area contributed by atoms with Gasteiger partial charge in [-0.05, 0) is 89.5 Å². The van der Waals surface area contributed by atoms with Crippen molar-refractivity contribution in [1.29, 1.82) is 0 Å². The molecule has 0 spiro atoms. The number of hydrogen-bond acceptors (Lipinski definition) is 7. The monoisotopic (exact) mass is 737 g/mol. The second kappa shape index (κ2) is 16.5. The number of amides is 3. The molecule has 0 heterocycles. The van der Waals surface area contributed by atoms with Crippen LogP contribution in [0.4, 0.5) is 17.1 Å². The first-order valence-electron chi connectivity index (χ1n) is 16.2. The Kier molecular flexibility index (Phi) is 11.5. The van der Waals surface area contributed by atoms with Gasteiger partial charge in [-0.1, -0.05) is 56.2 Å². The highest BCUT2D eigenvalue weighted by molar-refractivity contribution is 6.15. The summed E-state index contributed by atoms with van der Waals surface area (Å²) in [5.74, 6) is -5.89. The zero-order valence-corrected chi connectivity index (χ0v) is 28.8. The summed E-state index contributed by atoms with van der Waals surface area (Å²) in [6.07, 6.45) is 4.33. The lowest BCUT2D eigenvalue weighted by Gasteiger charge is -2.16. The third kappa shape index (κ3) is 8.88. The zero-order chi connectivity index (χ0) is 39.8. The van der Waals surface area contributed by atoms with Crippen LogP contribution < -0.4 is 20.7 Å². The quantitative estimate of drug-likeness (QED) is 0.0643. The molecule has 274 valence electrons. The number of carboxylic acid groups (broad SMARTS) is 3. The molecule has 0 aliphatic rings. The third-order valence-corrected chi connectivity index (χ3v) is 8.10. The molecule has 5 aromatic carbocycles. The van der Waals surface area contributed by atoms with Gasteiger partial charge in [-0.25, -0.2) is 14.4 Å². The SMILES string of the molecule is C=Cc1ccc(C(=O)Nc2ccc(Oc3ccc(NC(=O)c4cc(C=C)ccc4C(=O)O)cc3)cc2NC(=O)c2ccc(C=C)cc2C(=O)O)c(C(=O)O)c1.